The highest BCUT2D eigenvalue weighted by atomic mass is 16.6. The molecule has 5 rings (SSSR count). The van der Waals surface area contributed by atoms with Crippen LogP contribution in [0.15, 0.2) is 47.4 Å². The fraction of sp³-hybridized carbons (Fsp3) is 0.417. The van der Waals surface area contributed by atoms with E-state index < -0.39 is 10.5 Å². The lowest BCUT2D eigenvalue weighted by atomic mass is 9.83. The van der Waals surface area contributed by atoms with Crippen LogP contribution < -0.4 is 5.56 Å². The van der Waals surface area contributed by atoms with Crippen molar-refractivity contribution in [2.45, 2.75) is 38.1 Å². The van der Waals surface area contributed by atoms with Crippen molar-refractivity contribution in [3.8, 4) is 0 Å². The van der Waals surface area contributed by atoms with Crippen molar-refractivity contribution in [1.82, 2.24) is 14.0 Å². The summed E-state index contributed by atoms with van der Waals surface area (Å²) < 4.78 is 3.68. The van der Waals surface area contributed by atoms with Crippen LogP contribution in [0.4, 0.5) is 5.69 Å². The van der Waals surface area contributed by atoms with Crippen molar-refractivity contribution in [3.63, 3.8) is 0 Å². The molecular formula is C24H26N4O4. The van der Waals surface area contributed by atoms with Gasteiger partial charge in [-0.3, -0.25) is 19.7 Å². The number of hydrogen-bond acceptors (Lipinski definition) is 4. The molecule has 0 radical (unpaired) electrons. The van der Waals surface area contributed by atoms with E-state index in [9.17, 15) is 19.7 Å². The predicted molar refractivity (Wildman–Crippen MR) is 121 cm³/mol. The highest BCUT2D eigenvalue weighted by Crippen LogP contribution is 2.36. The number of benzene rings is 1. The molecule has 2 aromatic heterocycles. The van der Waals surface area contributed by atoms with Crippen LogP contribution in [0.5, 0.6) is 0 Å². The second-order valence-corrected chi connectivity index (χ2v) is 9.05. The first kappa shape index (κ1) is 20.5. The zero-order chi connectivity index (χ0) is 22.4. The maximum atomic E-state index is 13.0. The van der Waals surface area contributed by atoms with Crippen LogP contribution >= 0.6 is 0 Å². The minimum absolute atomic E-state index is 0.0537. The van der Waals surface area contributed by atoms with E-state index in [1.807, 2.05) is 24.1 Å². The number of amides is 1. The van der Waals surface area contributed by atoms with Crippen molar-refractivity contribution < 1.29 is 9.72 Å². The third-order valence-electron chi connectivity index (χ3n) is 6.95. The van der Waals surface area contributed by atoms with E-state index in [-0.39, 0.29) is 23.4 Å². The molecule has 2 atom stereocenters. The van der Waals surface area contributed by atoms with Crippen LogP contribution in [-0.4, -0.2) is 38.0 Å². The average molecular weight is 434 g/mol. The van der Waals surface area contributed by atoms with Gasteiger partial charge in [-0.25, -0.2) is 0 Å². The first-order chi connectivity index (χ1) is 15.4. The smallest absolute Gasteiger partial charge is 0.334 e. The second-order valence-electron chi connectivity index (χ2n) is 9.05. The van der Waals surface area contributed by atoms with E-state index in [1.54, 1.807) is 10.6 Å². The van der Waals surface area contributed by atoms with Gasteiger partial charge in [0, 0.05) is 67.9 Å². The molecule has 0 spiro atoms. The molecule has 32 heavy (non-hydrogen) atoms. The Kier molecular flexibility index (Phi) is 5.07. The van der Waals surface area contributed by atoms with Crippen LogP contribution in [0.2, 0.25) is 0 Å². The lowest BCUT2D eigenvalue weighted by Gasteiger charge is -2.42. The van der Waals surface area contributed by atoms with Gasteiger partial charge in [-0.1, -0.05) is 18.2 Å². The van der Waals surface area contributed by atoms with Gasteiger partial charge in [0.05, 0.1) is 4.92 Å². The summed E-state index contributed by atoms with van der Waals surface area (Å²) in [6, 6.07) is 11.3. The van der Waals surface area contributed by atoms with Gasteiger partial charge in [-0.15, -0.1) is 0 Å². The third kappa shape index (κ3) is 3.49. The van der Waals surface area contributed by atoms with Crippen molar-refractivity contribution in [1.29, 1.82) is 0 Å². The molecule has 0 N–H and O–H groups in total. The van der Waals surface area contributed by atoms with Gasteiger partial charge in [0.2, 0.25) is 5.91 Å². The molecule has 0 aliphatic carbocycles. The Morgan fingerprint density at radius 3 is 2.78 bits per heavy atom. The van der Waals surface area contributed by atoms with Gasteiger partial charge in [-0.2, -0.15) is 0 Å². The van der Waals surface area contributed by atoms with E-state index >= 15 is 0 Å². The molecule has 8 nitrogen and oxygen atoms in total. The molecule has 0 saturated carbocycles. The molecule has 0 unspecified atom stereocenters. The predicted octanol–water partition coefficient (Wildman–Crippen LogP) is 3.22. The summed E-state index contributed by atoms with van der Waals surface area (Å²) in [5.74, 6) is 0.360. The molecule has 2 aliphatic rings. The van der Waals surface area contributed by atoms with E-state index in [1.165, 1.54) is 22.5 Å². The number of likely N-dealkylation sites (tertiary alicyclic amines) is 1. The summed E-state index contributed by atoms with van der Waals surface area (Å²) in [6.07, 6.45) is 5.21. The number of pyridine rings is 1. The fourth-order valence-corrected chi connectivity index (χ4v) is 5.49. The van der Waals surface area contributed by atoms with Crippen molar-refractivity contribution in [2.75, 3.05) is 13.1 Å². The number of para-hydroxylation sites is 1. The molecular weight excluding hydrogens is 408 g/mol. The van der Waals surface area contributed by atoms with Crippen LogP contribution in [0.1, 0.15) is 36.4 Å². The second kappa shape index (κ2) is 7.93. The Morgan fingerprint density at radius 1 is 1.16 bits per heavy atom. The Hall–Kier alpha value is -3.42. The lowest BCUT2D eigenvalue weighted by molar-refractivity contribution is -0.386. The largest absolute Gasteiger partial charge is 0.350 e. The van der Waals surface area contributed by atoms with E-state index in [0.29, 0.717) is 26.1 Å². The van der Waals surface area contributed by atoms with Gasteiger partial charge >= 0.3 is 11.2 Å². The molecule has 2 bridgehead atoms. The normalized spacial score (nSPS) is 19.7. The summed E-state index contributed by atoms with van der Waals surface area (Å²) in [6.45, 7) is 1.62. The van der Waals surface area contributed by atoms with E-state index in [2.05, 4.69) is 22.9 Å². The van der Waals surface area contributed by atoms with Gasteiger partial charge in [0.1, 0.15) is 0 Å². The standard InChI is InChI=1S/C24H26N4O4/c1-25-14-17(19-6-2-3-7-21(19)25)5-4-8-23(29)26-12-16-11-18(15-26)20-9-10-22(28(31)32)24(30)27(20)13-16/h2-3,6-7,9-10,14,16,18H,4-5,8,11-13,15H2,1H3/t16-,18+/m0/s1. The zero-order valence-corrected chi connectivity index (χ0v) is 18.1. The summed E-state index contributed by atoms with van der Waals surface area (Å²) >= 11 is 0. The van der Waals surface area contributed by atoms with Gasteiger partial charge in [0.25, 0.3) is 0 Å². The number of nitrogens with zero attached hydrogens (tertiary/aromatic N) is 4. The molecule has 166 valence electrons. The minimum Gasteiger partial charge on any atom is -0.350 e. The Bertz CT molecular complexity index is 1270. The first-order valence-corrected chi connectivity index (χ1v) is 11.1. The number of aryl methyl sites for hydroxylation is 2. The minimum atomic E-state index is -0.619. The molecule has 8 heteroatoms. The quantitative estimate of drug-likeness (QED) is 0.455. The number of nitro groups is 1. The maximum absolute atomic E-state index is 13.0. The highest BCUT2D eigenvalue weighted by molar-refractivity contribution is 5.84. The van der Waals surface area contributed by atoms with E-state index in [4.69, 9.17) is 0 Å². The number of carbonyl (C=O) groups is 1. The Labute approximate surface area is 185 Å². The molecule has 1 saturated heterocycles. The van der Waals surface area contributed by atoms with Crippen LogP contribution in [-0.2, 0) is 24.8 Å². The number of carbonyl (C=O) groups excluding carboxylic acids is 1. The molecule has 2 aliphatic heterocycles. The van der Waals surface area contributed by atoms with Crippen molar-refractivity contribution >= 4 is 22.5 Å². The molecule has 1 amide bonds. The molecule has 1 aromatic carbocycles. The van der Waals surface area contributed by atoms with Gasteiger partial charge < -0.3 is 14.0 Å². The first-order valence-electron chi connectivity index (χ1n) is 11.1. The topological polar surface area (TPSA) is 90.4 Å². The zero-order valence-electron chi connectivity index (χ0n) is 18.1. The summed E-state index contributed by atoms with van der Waals surface area (Å²) in [5, 5.41) is 12.4. The van der Waals surface area contributed by atoms with Crippen LogP contribution in [0.3, 0.4) is 0 Å². The number of rotatable bonds is 5. The summed E-state index contributed by atoms with van der Waals surface area (Å²) in [7, 11) is 2.04. The number of hydrogen-bond donors (Lipinski definition) is 0. The molecule has 3 aromatic rings. The number of piperidine rings is 1. The maximum Gasteiger partial charge on any atom is 0.334 e. The monoisotopic (exact) mass is 434 g/mol. The fourth-order valence-electron chi connectivity index (χ4n) is 5.49. The Morgan fingerprint density at radius 2 is 1.97 bits per heavy atom. The number of fused-ring (bicyclic) bond motifs is 5. The lowest BCUT2D eigenvalue weighted by Crippen LogP contribution is -2.49. The van der Waals surface area contributed by atoms with Gasteiger partial charge in [0.15, 0.2) is 0 Å². The number of aromatic nitrogens is 2. The summed E-state index contributed by atoms with van der Waals surface area (Å²) in [4.78, 5) is 37.9. The Balaban J connectivity index is 1.25. The van der Waals surface area contributed by atoms with Crippen LogP contribution in [0.25, 0.3) is 10.9 Å². The van der Waals surface area contributed by atoms with Gasteiger partial charge in [-0.05, 0) is 42.9 Å². The summed E-state index contributed by atoms with van der Waals surface area (Å²) in [5.41, 5.74) is 2.37. The van der Waals surface area contributed by atoms with E-state index in [0.717, 1.165) is 25.0 Å². The molecule has 1 fully saturated rings. The molecule has 4 heterocycles. The SMILES string of the molecule is Cn1cc(CCCC(=O)N2C[C@@H]3C[C@H](C2)c2ccc([N+](=O)[O-])c(=O)n2C3)c2ccccc21. The van der Waals surface area contributed by atoms with Crippen LogP contribution in [0, 0.1) is 16.0 Å². The van der Waals surface area contributed by atoms with Crippen molar-refractivity contribution in [3.05, 3.63) is 74.3 Å². The third-order valence-corrected chi connectivity index (χ3v) is 6.95. The highest BCUT2D eigenvalue weighted by Gasteiger charge is 2.37. The van der Waals surface area contributed by atoms with Crippen molar-refractivity contribution in [2.24, 2.45) is 13.0 Å². The average Bonchev–Trinajstić information content (AvgIpc) is 3.10.